The minimum atomic E-state index is -0.600. The lowest BCUT2D eigenvalue weighted by atomic mass is 10.1. The molecule has 1 N–H and O–H groups in total. The maximum atomic E-state index is 13.3. The summed E-state index contributed by atoms with van der Waals surface area (Å²) in [5, 5.41) is 0.972. The van der Waals surface area contributed by atoms with E-state index in [0.29, 0.717) is 47.7 Å². The number of halogens is 1. The quantitative estimate of drug-likeness (QED) is 0.214. The molecule has 0 aliphatic carbocycles. The van der Waals surface area contributed by atoms with Crippen LogP contribution in [0.4, 0.5) is 0 Å². The third-order valence-corrected chi connectivity index (χ3v) is 7.76. The monoisotopic (exact) mass is 517 g/mol. The summed E-state index contributed by atoms with van der Waals surface area (Å²) in [6.45, 7) is 1.33. The molecule has 0 saturated carbocycles. The molecule has 4 aromatic rings. The van der Waals surface area contributed by atoms with Gasteiger partial charge >= 0.3 is 0 Å². The Kier molecular flexibility index (Phi) is 7.11. The van der Waals surface area contributed by atoms with Gasteiger partial charge in [0.25, 0.3) is 17.6 Å². The number of amides is 2. The second kappa shape index (κ2) is 10.6. The largest absolute Gasteiger partial charge is 0.360 e. The lowest BCUT2D eigenvalue weighted by Gasteiger charge is -2.34. The van der Waals surface area contributed by atoms with Gasteiger partial charge in [-0.05, 0) is 29.8 Å². The lowest BCUT2D eigenvalue weighted by Crippen LogP contribution is -2.52. The van der Waals surface area contributed by atoms with Crippen LogP contribution in [0.25, 0.3) is 10.9 Å². The van der Waals surface area contributed by atoms with Crippen molar-refractivity contribution >= 4 is 51.9 Å². The van der Waals surface area contributed by atoms with E-state index in [4.69, 9.17) is 11.6 Å². The molecule has 0 radical (unpaired) electrons. The average molecular weight is 518 g/mol. The number of hydrogen-bond acceptors (Lipinski definition) is 4. The Labute approximate surface area is 218 Å². The van der Waals surface area contributed by atoms with Crippen LogP contribution in [0, 0.1) is 0 Å². The number of piperazine rings is 1. The highest BCUT2D eigenvalue weighted by molar-refractivity contribution is 7.98. The Bertz CT molecular complexity index is 1430. The number of hydrogen-bond donors (Lipinski definition) is 1. The van der Waals surface area contributed by atoms with Crippen LogP contribution in [-0.2, 0) is 10.5 Å². The number of rotatable bonds is 6. The van der Waals surface area contributed by atoms with Crippen LogP contribution in [0.5, 0.6) is 0 Å². The summed E-state index contributed by atoms with van der Waals surface area (Å²) in [4.78, 5) is 46.5. The number of H-pyrrole nitrogens is 1. The van der Waals surface area contributed by atoms with Gasteiger partial charge in [-0.2, -0.15) is 0 Å². The first-order chi connectivity index (χ1) is 17.5. The van der Waals surface area contributed by atoms with E-state index in [1.165, 1.54) is 16.7 Å². The number of aromatic amines is 1. The van der Waals surface area contributed by atoms with Crippen LogP contribution < -0.4 is 0 Å². The Hall–Kier alpha value is -3.55. The first kappa shape index (κ1) is 24.2. The normalized spacial score (nSPS) is 13.7. The van der Waals surface area contributed by atoms with E-state index in [9.17, 15) is 14.4 Å². The van der Waals surface area contributed by atoms with Gasteiger partial charge in [-0.15, -0.1) is 11.8 Å². The summed E-state index contributed by atoms with van der Waals surface area (Å²) < 4.78 is 0. The first-order valence-corrected chi connectivity index (χ1v) is 13.0. The highest BCUT2D eigenvalue weighted by atomic mass is 35.5. The molecule has 1 fully saturated rings. The Morgan fingerprint density at radius 2 is 1.50 bits per heavy atom. The fraction of sp³-hybridized carbons (Fsp3) is 0.179. The van der Waals surface area contributed by atoms with Crippen molar-refractivity contribution in [1.29, 1.82) is 0 Å². The molecule has 8 heteroatoms. The van der Waals surface area contributed by atoms with Crippen molar-refractivity contribution in [3.63, 3.8) is 0 Å². The van der Waals surface area contributed by atoms with Gasteiger partial charge in [0, 0.05) is 53.9 Å². The maximum Gasteiger partial charge on any atom is 0.295 e. The summed E-state index contributed by atoms with van der Waals surface area (Å²) in [5.41, 5.74) is 2.82. The minimum Gasteiger partial charge on any atom is -0.360 e. The van der Waals surface area contributed by atoms with Gasteiger partial charge in [-0.3, -0.25) is 14.4 Å². The SMILES string of the molecule is O=C(C(=O)N1CCN(C(=O)c2ccccc2SCc2ccccc2)CC1)c1c[nH]c2cccc(Cl)c12. The molecule has 36 heavy (non-hydrogen) atoms. The van der Waals surface area contributed by atoms with E-state index in [2.05, 4.69) is 17.1 Å². The van der Waals surface area contributed by atoms with Crippen LogP contribution in [0.1, 0.15) is 26.3 Å². The van der Waals surface area contributed by atoms with Crippen LogP contribution in [0.2, 0.25) is 5.02 Å². The average Bonchev–Trinajstić information content (AvgIpc) is 3.37. The van der Waals surface area contributed by atoms with Crippen LogP contribution in [0.15, 0.2) is 83.9 Å². The van der Waals surface area contributed by atoms with Crippen LogP contribution >= 0.6 is 23.4 Å². The second-order valence-electron chi connectivity index (χ2n) is 8.55. The molecule has 0 unspecified atom stereocenters. The number of fused-ring (bicyclic) bond motifs is 1. The van der Waals surface area contributed by atoms with Gasteiger partial charge in [-0.25, -0.2) is 0 Å². The van der Waals surface area contributed by atoms with Crippen molar-refractivity contribution in [2.45, 2.75) is 10.6 Å². The topological polar surface area (TPSA) is 73.5 Å². The molecular weight excluding hydrogens is 494 g/mol. The fourth-order valence-corrected chi connectivity index (χ4v) is 5.64. The van der Waals surface area contributed by atoms with E-state index >= 15 is 0 Å². The number of Topliss-reactive ketones (excluding diaryl/α,β-unsaturated/α-hetero) is 1. The second-order valence-corrected chi connectivity index (χ2v) is 9.97. The number of carbonyl (C=O) groups excluding carboxylic acids is 3. The van der Waals surface area contributed by atoms with Gasteiger partial charge < -0.3 is 14.8 Å². The van der Waals surface area contributed by atoms with Crippen LogP contribution in [0.3, 0.4) is 0 Å². The van der Waals surface area contributed by atoms with Crippen molar-refractivity contribution in [3.8, 4) is 0 Å². The van der Waals surface area contributed by atoms with Crippen molar-refractivity contribution in [1.82, 2.24) is 14.8 Å². The molecule has 1 aliphatic heterocycles. The predicted molar refractivity (Wildman–Crippen MR) is 143 cm³/mol. The Morgan fingerprint density at radius 1 is 0.806 bits per heavy atom. The molecule has 182 valence electrons. The van der Waals surface area contributed by atoms with Gasteiger partial charge in [0.05, 0.1) is 16.1 Å². The third kappa shape index (κ3) is 4.90. The van der Waals surface area contributed by atoms with Crippen molar-refractivity contribution < 1.29 is 14.4 Å². The number of thioether (sulfide) groups is 1. The van der Waals surface area contributed by atoms with E-state index in [1.807, 2.05) is 48.5 Å². The highest BCUT2D eigenvalue weighted by Gasteiger charge is 2.31. The maximum absolute atomic E-state index is 13.3. The summed E-state index contributed by atoms with van der Waals surface area (Å²) in [7, 11) is 0. The summed E-state index contributed by atoms with van der Waals surface area (Å²) in [6.07, 6.45) is 1.53. The molecule has 1 aromatic heterocycles. The molecule has 2 amide bonds. The molecule has 5 rings (SSSR count). The van der Waals surface area contributed by atoms with Gasteiger partial charge in [0.1, 0.15) is 0 Å². The zero-order chi connectivity index (χ0) is 25.1. The predicted octanol–water partition coefficient (Wildman–Crippen LogP) is 5.28. The first-order valence-electron chi connectivity index (χ1n) is 11.7. The molecular formula is C28H24ClN3O3S. The van der Waals surface area contributed by atoms with E-state index in [-0.39, 0.29) is 11.5 Å². The number of benzene rings is 3. The number of ketones is 1. The van der Waals surface area contributed by atoms with Gasteiger partial charge in [0.2, 0.25) is 0 Å². The van der Waals surface area contributed by atoms with E-state index < -0.39 is 11.7 Å². The van der Waals surface area contributed by atoms with Crippen molar-refractivity contribution in [3.05, 3.63) is 101 Å². The number of carbonyl (C=O) groups is 3. The summed E-state index contributed by atoms with van der Waals surface area (Å²) >= 11 is 7.91. The molecule has 3 aromatic carbocycles. The minimum absolute atomic E-state index is 0.0620. The molecule has 2 heterocycles. The smallest absolute Gasteiger partial charge is 0.295 e. The number of nitrogens with one attached hydrogen (secondary N) is 1. The van der Waals surface area contributed by atoms with Crippen molar-refractivity contribution in [2.24, 2.45) is 0 Å². The highest BCUT2D eigenvalue weighted by Crippen LogP contribution is 2.29. The molecule has 0 bridgehead atoms. The number of aromatic nitrogens is 1. The Morgan fingerprint density at radius 3 is 2.28 bits per heavy atom. The number of nitrogens with zero attached hydrogens (tertiary/aromatic N) is 2. The standard InChI is InChI=1S/C28H24ClN3O3S/c29-22-10-6-11-23-25(22)21(17-30-23)26(33)28(35)32-15-13-31(14-16-32)27(34)20-9-4-5-12-24(20)36-18-19-7-2-1-3-8-19/h1-12,17,30H,13-16,18H2. The summed E-state index contributed by atoms with van der Waals surface area (Å²) in [5.74, 6) is -0.473. The van der Waals surface area contributed by atoms with Crippen LogP contribution in [-0.4, -0.2) is 58.6 Å². The van der Waals surface area contributed by atoms with Gasteiger partial charge in [0.15, 0.2) is 0 Å². The fourth-order valence-electron chi connectivity index (χ4n) is 4.37. The Balaban J connectivity index is 1.23. The van der Waals surface area contributed by atoms with E-state index in [0.717, 1.165) is 10.6 Å². The summed E-state index contributed by atoms with van der Waals surface area (Å²) in [6, 6.07) is 23.0. The molecule has 1 saturated heterocycles. The zero-order valence-corrected chi connectivity index (χ0v) is 21.0. The van der Waals surface area contributed by atoms with E-state index in [1.54, 1.807) is 28.8 Å². The molecule has 0 spiro atoms. The lowest BCUT2D eigenvalue weighted by molar-refractivity contribution is -0.127. The molecule has 1 aliphatic rings. The van der Waals surface area contributed by atoms with Gasteiger partial charge in [-0.1, -0.05) is 60.1 Å². The zero-order valence-electron chi connectivity index (χ0n) is 19.4. The molecule has 0 atom stereocenters. The third-order valence-electron chi connectivity index (χ3n) is 6.30. The van der Waals surface area contributed by atoms with Crippen molar-refractivity contribution in [2.75, 3.05) is 26.2 Å². The molecule has 6 nitrogen and oxygen atoms in total.